The summed E-state index contributed by atoms with van der Waals surface area (Å²) < 4.78 is 0. The summed E-state index contributed by atoms with van der Waals surface area (Å²) in [5.41, 5.74) is 0.0134. The van der Waals surface area contributed by atoms with E-state index in [4.69, 9.17) is 0 Å². The van der Waals surface area contributed by atoms with Crippen LogP contribution in [-0.4, -0.2) is 38.1 Å². The Morgan fingerprint density at radius 3 is 2.67 bits per heavy atom. The Morgan fingerprint density at radius 2 is 2.00 bits per heavy atom. The van der Waals surface area contributed by atoms with Crippen LogP contribution < -0.4 is 0 Å². The van der Waals surface area contributed by atoms with Crippen LogP contribution in [0.5, 0.6) is 5.75 Å². The summed E-state index contributed by atoms with van der Waals surface area (Å²) in [4.78, 5) is 12.1. The molecule has 0 amide bonds. The molecular formula is C13H12O5. The van der Waals surface area contributed by atoms with E-state index in [1.807, 2.05) is 0 Å². The van der Waals surface area contributed by atoms with Crippen molar-refractivity contribution in [3.63, 3.8) is 0 Å². The first-order valence-electron chi connectivity index (χ1n) is 5.28. The van der Waals surface area contributed by atoms with Crippen molar-refractivity contribution in [3.8, 4) is 5.75 Å². The summed E-state index contributed by atoms with van der Waals surface area (Å²) >= 11 is 0. The topological polar surface area (TPSA) is 98.0 Å². The zero-order chi connectivity index (χ0) is 13.3. The smallest absolute Gasteiger partial charge is 0.214 e. The molecule has 0 aliphatic heterocycles. The van der Waals surface area contributed by atoms with Crippen molar-refractivity contribution in [2.24, 2.45) is 0 Å². The lowest BCUT2D eigenvalue weighted by Crippen LogP contribution is -2.44. The molecule has 0 fully saturated rings. The predicted octanol–water partition coefficient (Wildman–Crippen LogP) is 0.113. The van der Waals surface area contributed by atoms with Crippen LogP contribution in [0.4, 0.5) is 0 Å². The second-order valence-corrected chi connectivity index (χ2v) is 4.05. The zero-order valence-corrected chi connectivity index (χ0v) is 9.32. The molecule has 5 heteroatoms. The summed E-state index contributed by atoms with van der Waals surface area (Å²) in [7, 11) is 0. The van der Waals surface area contributed by atoms with Gasteiger partial charge in [-0.1, -0.05) is 24.3 Å². The van der Waals surface area contributed by atoms with Crippen LogP contribution in [0.15, 0.2) is 48.1 Å². The average Bonchev–Trinajstić information content (AvgIpc) is 2.32. The summed E-state index contributed by atoms with van der Waals surface area (Å²) in [5, 5.41) is 37.9. The minimum absolute atomic E-state index is 0.0819. The van der Waals surface area contributed by atoms with Crippen LogP contribution in [0.25, 0.3) is 0 Å². The van der Waals surface area contributed by atoms with Crippen LogP contribution in [-0.2, 0) is 0 Å². The highest BCUT2D eigenvalue weighted by Crippen LogP contribution is 2.25. The Kier molecular flexibility index (Phi) is 3.04. The van der Waals surface area contributed by atoms with E-state index in [0.717, 1.165) is 6.08 Å². The highest BCUT2D eigenvalue weighted by molar-refractivity contribution is 6.10. The number of Topliss-reactive ketones (excluding diaryl/α,β-unsaturated/α-hetero) is 1. The first kappa shape index (κ1) is 12.5. The van der Waals surface area contributed by atoms with Gasteiger partial charge in [-0.05, 0) is 18.2 Å². The standard InChI is InChI=1S/C13H12O5/c14-9-4-1-3-8(7-9)11(15)10-5-2-6-13(17,18)12(10)16/h1-7,12,14,16-18H. The van der Waals surface area contributed by atoms with Crippen molar-refractivity contribution in [1.29, 1.82) is 0 Å². The zero-order valence-electron chi connectivity index (χ0n) is 9.32. The van der Waals surface area contributed by atoms with E-state index in [1.54, 1.807) is 0 Å². The third kappa shape index (κ3) is 2.19. The van der Waals surface area contributed by atoms with E-state index in [9.17, 15) is 25.2 Å². The molecule has 1 aliphatic carbocycles. The minimum Gasteiger partial charge on any atom is -0.508 e. The van der Waals surface area contributed by atoms with Crippen LogP contribution in [0, 0.1) is 0 Å². The maximum Gasteiger partial charge on any atom is 0.214 e. The molecular weight excluding hydrogens is 236 g/mol. The van der Waals surface area contributed by atoms with Crippen LogP contribution in [0.2, 0.25) is 0 Å². The summed E-state index contributed by atoms with van der Waals surface area (Å²) in [5.74, 6) is -3.12. The molecule has 18 heavy (non-hydrogen) atoms. The van der Waals surface area contributed by atoms with Gasteiger partial charge < -0.3 is 20.4 Å². The average molecular weight is 248 g/mol. The lowest BCUT2D eigenvalue weighted by Gasteiger charge is -2.28. The van der Waals surface area contributed by atoms with E-state index >= 15 is 0 Å². The van der Waals surface area contributed by atoms with Gasteiger partial charge in [0.2, 0.25) is 5.79 Å². The number of hydrogen-bond donors (Lipinski definition) is 4. The lowest BCUT2D eigenvalue weighted by atomic mass is 9.90. The van der Waals surface area contributed by atoms with Gasteiger partial charge in [-0.2, -0.15) is 0 Å². The third-order valence-corrected chi connectivity index (χ3v) is 2.68. The molecule has 0 saturated carbocycles. The number of phenolic OH excluding ortho intramolecular Hbond substituents is 1. The van der Waals surface area contributed by atoms with E-state index in [0.29, 0.717) is 0 Å². The van der Waals surface area contributed by atoms with Gasteiger partial charge in [0.1, 0.15) is 11.9 Å². The van der Waals surface area contributed by atoms with Crippen molar-refractivity contribution >= 4 is 5.78 Å². The van der Waals surface area contributed by atoms with Crippen molar-refractivity contribution < 1.29 is 25.2 Å². The van der Waals surface area contributed by atoms with Crippen LogP contribution in [0.1, 0.15) is 10.4 Å². The lowest BCUT2D eigenvalue weighted by molar-refractivity contribution is -0.176. The SMILES string of the molecule is O=C(C1=CC=CC(O)(O)C1O)c1cccc(O)c1. The van der Waals surface area contributed by atoms with Crippen LogP contribution in [0.3, 0.4) is 0 Å². The Hall–Kier alpha value is -1.95. The van der Waals surface area contributed by atoms with Crippen molar-refractivity contribution in [2.45, 2.75) is 11.9 Å². The van der Waals surface area contributed by atoms with Gasteiger partial charge in [0.25, 0.3) is 0 Å². The number of carbonyl (C=O) groups is 1. The monoisotopic (exact) mass is 248 g/mol. The van der Waals surface area contributed by atoms with Gasteiger partial charge in [-0.3, -0.25) is 4.79 Å². The molecule has 0 bridgehead atoms. The van der Waals surface area contributed by atoms with E-state index in [-0.39, 0.29) is 16.9 Å². The van der Waals surface area contributed by atoms with Gasteiger partial charge in [0, 0.05) is 11.1 Å². The molecule has 94 valence electrons. The number of hydrogen-bond acceptors (Lipinski definition) is 5. The van der Waals surface area contributed by atoms with Crippen molar-refractivity contribution in [2.75, 3.05) is 0 Å². The highest BCUT2D eigenvalue weighted by atomic mass is 16.5. The van der Waals surface area contributed by atoms with Gasteiger partial charge in [-0.25, -0.2) is 0 Å². The van der Waals surface area contributed by atoms with Gasteiger partial charge in [0.05, 0.1) is 0 Å². The molecule has 0 heterocycles. The molecule has 1 atom stereocenters. The number of ketones is 1. The Balaban J connectivity index is 2.36. The number of carbonyl (C=O) groups excluding carboxylic acids is 1. The summed E-state index contributed by atoms with van der Waals surface area (Å²) in [6, 6.07) is 5.60. The van der Waals surface area contributed by atoms with Gasteiger partial charge in [0.15, 0.2) is 5.78 Å². The fourth-order valence-electron chi connectivity index (χ4n) is 1.72. The van der Waals surface area contributed by atoms with Gasteiger partial charge in [-0.15, -0.1) is 0 Å². The molecule has 5 nitrogen and oxygen atoms in total. The summed E-state index contributed by atoms with van der Waals surface area (Å²) in [6.45, 7) is 0. The summed E-state index contributed by atoms with van der Waals surface area (Å²) in [6.07, 6.45) is 1.85. The number of rotatable bonds is 2. The second-order valence-electron chi connectivity index (χ2n) is 4.05. The molecule has 0 saturated heterocycles. The largest absolute Gasteiger partial charge is 0.508 e. The first-order valence-corrected chi connectivity index (χ1v) is 5.28. The maximum absolute atomic E-state index is 12.1. The Bertz CT molecular complexity index is 542. The normalized spacial score (nSPS) is 21.5. The molecule has 1 unspecified atom stereocenters. The number of allylic oxidation sites excluding steroid dienone is 2. The van der Waals surface area contributed by atoms with Crippen molar-refractivity contribution in [3.05, 3.63) is 53.6 Å². The number of aliphatic hydroxyl groups excluding tert-OH is 1. The molecule has 1 aromatic rings. The fraction of sp³-hybridized carbons (Fsp3) is 0.154. The molecule has 0 aromatic heterocycles. The predicted molar refractivity (Wildman–Crippen MR) is 62.8 cm³/mol. The third-order valence-electron chi connectivity index (χ3n) is 2.68. The number of aromatic hydroxyl groups is 1. The van der Waals surface area contributed by atoms with Gasteiger partial charge >= 0.3 is 0 Å². The Morgan fingerprint density at radius 1 is 1.28 bits per heavy atom. The number of phenols is 1. The molecule has 0 radical (unpaired) electrons. The van der Waals surface area contributed by atoms with Crippen LogP contribution >= 0.6 is 0 Å². The maximum atomic E-state index is 12.1. The quantitative estimate of drug-likeness (QED) is 0.440. The molecule has 0 spiro atoms. The first-order chi connectivity index (χ1) is 8.42. The molecule has 1 aliphatic rings. The minimum atomic E-state index is -2.46. The molecule has 2 rings (SSSR count). The second kappa shape index (κ2) is 4.38. The number of aliphatic hydroxyl groups is 3. The van der Waals surface area contributed by atoms with E-state index in [1.165, 1.54) is 36.4 Å². The van der Waals surface area contributed by atoms with E-state index in [2.05, 4.69) is 0 Å². The highest BCUT2D eigenvalue weighted by Gasteiger charge is 2.37. The molecule has 1 aromatic carbocycles. The van der Waals surface area contributed by atoms with E-state index < -0.39 is 17.7 Å². The Labute approximate surface area is 103 Å². The number of benzene rings is 1. The van der Waals surface area contributed by atoms with Crippen molar-refractivity contribution in [1.82, 2.24) is 0 Å². The molecule has 4 N–H and O–H groups in total. The fourth-order valence-corrected chi connectivity index (χ4v) is 1.72.